The van der Waals surface area contributed by atoms with Crippen molar-refractivity contribution >= 4 is 0 Å². The third-order valence-electron chi connectivity index (χ3n) is 4.73. The van der Waals surface area contributed by atoms with Crippen LogP contribution in [0.15, 0.2) is 48.5 Å². The van der Waals surface area contributed by atoms with Crippen LogP contribution in [0.1, 0.15) is 29.9 Å². The maximum absolute atomic E-state index is 10.9. The normalized spacial score (nSPS) is 22.6. The van der Waals surface area contributed by atoms with Crippen molar-refractivity contribution in [1.29, 1.82) is 0 Å². The van der Waals surface area contributed by atoms with Crippen molar-refractivity contribution in [3.63, 3.8) is 0 Å². The zero-order valence-corrected chi connectivity index (χ0v) is 11.4. The smallest absolute Gasteiger partial charge is 0.0802 e. The van der Waals surface area contributed by atoms with E-state index in [1.54, 1.807) is 0 Å². The molecule has 20 heavy (non-hydrogen) atoms. The fourth-order valence-corrected chi connectivity index (χ4v) is 3.80. The number of benzene rings is 2. The molecular weight excluding hydrogens is 246 g/mol. The van der Waals surface area contributed by atoms with Gasteiger partial charge in [-0.2, -0.15) is 0 Å². The Hall–Kier alpha value is -1.64. The largest absolute Gasteiger partial charge is 0.391 e. The second-order valence-corrected chi connectivity index (χ2v) is 5.85. The quantitative estimate of drug-likeness (QED) is 0.875. The Labute approximate surface area is 119 Å². The van der Waals surface area contributed by atoms with E-state index in [1.807, 2.05) is 0 Å². The topological polar surface area (TPSA) is 32.3 Å². The summed E-state index contributed by atoms with van der Waals surface area (Å²) in [5, 5.41) is 14.3. The minimum Gasteiger partial charge on any atom is -0.391 e. The lowest BCUT2D eigenvalue weighted by Gasteiger charge is -2.26. The first-order valence-corrected chi connectivity index (χ1v) is 7.46. The Morgan fingerprint density at radius 2 is 1.55 bits per heavy atom. The van der Waals surface area contributed by atoms with Gasteiger partial charge in [0, 0.05) is 12.0 Å². The van der Waals surface area contributed by atoms with Crippen LogP contribution in [0.25, 0.3) is 11.1 Å². The average molecular weight is 265 g/mol. The minimum absolute atomic E-state index is 0.109. The lowest BCUT2D eigenvalue weighted by molar-refractivity contribution is 0.120. The van der Waals surface area contributed by atoms with Gasteiger partial charge < -0.3 is 10.4 Å². The molecule has 0 saturated carbocycles. The second-order valence-electron chi connectivity index (χ2n) is 5.85. The summed E-state index contributed by atoms with van der Waals surface area (Å²) in [6.45, 7) is 1.03. The standard InChI is InChI=1S/C18H19NO/c20-18(16-10-5-11-19-16)17-14-8-3-1-6-12(14)13-7-2-4-9-15(13)17/h1-4,6-9,16-20H,5,10-11H2/t16-,18-/m0/s1. The van der Waals surface area contributed by atoms with E-state index >= 15 is 0 Å². The Balaban J connectivity index is 1.82. The van der Waals surface area contributed by atoms with E-state index in [9.17, 15) is 5.11 Å². The van der Waals surface area contributed by atoms with Crippen molar-refractivity contribution < 1.29 is 5.11 Å². The molecule has 2 heteroatoms. The molecule has 0 amide bonds. The van der Waals surface area contributed by atoms with E-state index in [1.165, 1.54) is 22.3 Å². The SMILES string of the molecule is O[C@H](C1c2ccccc2-c2ccccc21)[C@@H]1CCCN1. The third-order valence-corrected chi connectivity index (χ3v) is 4.73. The summed E-state index contributed by atoms with van der Waals surface area (Å²) < 4.78 is 0. The van der Waals surface area contributed by atoms with Crippen molar-refractivity contribution in [2.24, 2.45) is 0 Å². The molecule has 0 unspecified atom stereocenters. The molecule has 102 valence electrons. The van der Waals surface area contributed by atoms with Crippen LogP contribution < -0.4 is 5.32 Å². The summed E-state index contributed by atoms with van der Waals surface area (Å²) in [6, 6.07) is 17.2. The first-order valence-electron chi connectivity index (χ1n) is 7.46. The second kappa shape index (κ2) is 4.72. The monoisotopic (exact) mass is 265 g/mol. The molecule has 2 aromatic carbocycles. The molecular formula is C18H19NO. The Kier molecular flexibility index (Phi) is 2.86. The predicted octanol–water partition coefficient (Wildman–Crippen LogP) is 2.91. The molecule has 2 nitrogen and oxygen atoms in total. The van der Waals surface area contributed by atoms with Crippen LogP contribution in [0.4, 0.5) is 0 Å². The van der Waals surface area contributed by atoms with Crippen LogP contribution in [0.3, 0.4) is 0 Å². The maximum atomic E-state index is 10.9. The highest BCUT2D eigenvalue weighted by molar-refractivity contribution is 5.79. The highest BCUT2D eigenvalue weighted by Crippen LogP contribution is 2.47. The maximum Gasteiger partial charge on any atom is 0.0802 e. The molecule has 4 rings (SSSR count). The van der Waals surface area contributed by atoms with Crippen LogP contribution in [-0.2, 0) is 0 Å². The van der Waals surface area contributed by atoms with Gasteiger partial charge in [-0.1, -0.05) is 48.5 Å². The molecule has 1 aliphatic carbocycles. The fourth-order valence-electron chi connectivity index (χ4n) is 3.80. The zero-order chi connectivity index (χ0) is 13.5. The molecule has 0 spiro atoms. The van der Waals surface area contributed by atoms with Crippen molar-refractivity contribution in [2.75, 3.05) is 6.54 Å². The van der Waals surface area contributed by atoms with E-state index in [-0.39, 0.29) is 18.1 Å². The molecule has 2 N–H and O–H groups in total. The summed E-state index contributed by atoms with van der Waals surface area (Å²) in [5.41, 5.74) is 5.11. The first-order chi connectivity index (χ1) is 9.86. The van der Waals surface area contributed by atoms with E-state index in [0.717, 1.165) is 19.4 Å². The lowest BCUT2D eigenvalue weighted by atomic mass is 9.87. The number of hydrogen-bond acceptors (Lipinski definition) is 2. The van der Waals surface area contributed by atoms with Crippen molar-refractivity contribution in [3.8, 4) is 11.1 Å². The summed E-state index contributed by atoms with van der Waals surface area (Å²) >= 11 is 0. The fraction of sp³-hybridized carbons (Fsp3) is 0.333. The number of fused-ring (bicyclic) bond motifs is 3. The Morgan fingerprint density at radius 1 is 0.950 bits per heavy atom. The van der Waals surface area contributed by atoms with Crippen molar-refractivity contribution in [1.82, 2.24) is 5.32 Å². The van der Waals surface area contributed by atoms with Gasteiger partial charge in [0.25, 0.3) is 0 Å². The van der Waals surface area contributed by atoms with Gasteiger partial charge in [0.1, 0.15) is 0 Å². The number of aliphatic hydroxyl groups excluding tert-OH is 1. The van der Waals surface area contributed by atoms with Gasteiger partial charge in [0.2, 0.25) is 0 Å². The van der Waals surface area contributed by atoms with E-state index < -0.39 is 0 Å². The Morgan fingerprint density at radius 3 is 2.10 bits per heavy atom. The highest BCUT2D eigenvalue weighted by atomic mass is 16.3. The molecule has 2 aliphatic rings. The molecule has 0 radical (unpaired) electrons. The molecule has 1 saturated heterocycles. The number of aliphatic hydroxyl groups is 1. The van der Waals surface area contributed by atoms with Crippen LogP contribution in [-0.4, -0.2) is 23.8 Å². The Bertz CT molecular complexity index is 585. The number of rotatable bonds is 2. The minimum atomic E-state index is -0.345. The van der Waals surface area contributed by atoms with E-state index in [2.05, 4.69) is 53.8 Å². The average Bonchev–Trinajstić information content (AvgIpc) is 3.13. The van der Waals surface area contributed by atoms with Gasteiger partial charge >= 0.3 is 0 Å². The summed E-state index contributed by atoms with van der Waals surface area (Å²) in [6.07, 6.45) is 1.89. The molecule has 1 heterocycles. The van der Waals surface area contributed by atoms with Crippen LogP contribution in [0.5, 0.6) is 0 Å². The van der Waals surface area contributed by atoms with E-state index in [4.69, 9.17) is 0 Å². The van der Waals surface area contributed by atoms with Crippen molar-refractivity contribution in [2.45, 2.75) is 30.9 Å². The molecule has 2 atom stereocenters. The first kappa shape index (κ1) is 12.1. The van der Waals surface area contributed by atoms with Gasteiger partial charge in [-0.05, 0) is 41.6 Å². The summed E-state index contributed by atoms with van der Waals surface area (Å²) in [5.74, 6) is 0.109. The molecule has 1 fully saturated rings. The number of nitrogens with one attached hydrogen (secondary N) is 1. The van der Waals surface area contributed by atoms with Crippen molar-refractivity contribution in [3.05, 3.63) is 59.7 Å². The van der Waals surface area contributed by atoms with Crippen LogP contribution in [0.2, 0.25) is 0 Å². The predicted molar refractivity (Wildman–Crippen MR) is 80.8 cm³/mol. The van der Waals surface area contributed by atoms with Gasteiger partial charge in [-0.3, -0.25) is 0 Å². The summed E-state index contributed by atoms with van der Waals surface area (Å²) in [4.78, 5) is 0. The highest BCUT2D eigenvalue weighted by Gasteiger charge is 2.37. The van der Waals surface area contributed by atoms with Crippen LogP contribution in [0, 0.1) is 0 Å². The molecule has 0 aromatic heterocycles. The van der Waals surface area contributed by atoms with E-state index in [0.29, 0.717) is 0 Å². The molecule has 2 aromatic rings. The number of hydrogen-bond donors (Lipinski definition) is 2. The lowest BCUT2D eigenvalue weighted by Crippen LogP contribution is -2.38. The summed E-state index contributed by atoms with van der Waals surface area (Å²) in [7, 11) is 0. The van der Waals surface area contributed by atoms with Gasteiger partial charge in [0.05, 0.1) is 6.10 Å². The van der Waals surface area contributed by atoms with Gasteiger partial charge in [-0.15, -0.1) is 0 Å². The molecule has 0 bridgehead atoms. The van der Waals surface area contributed by atoms with Gasteiger partial charge in [-0.25, -0.2) is 0 Å². The third kappa shape index (κ3) is 1.72. The van der Waals surface area contributed by atoms with Crippen LogP contribution >= 0.6 is 0 Å². The molecule has 1 aliphatic heterocycles. The van der Waals surface area contributed by atoms with Gasteiger partial charge in [0.15, 0.2) is 0 Å². The zero-order valence-electron chi connectivity index (χ0n) is 11.4.